The summed E-state index contributed by atoms with van der Waals surface area (Å²) in [4.78, 5) is 21.5. The van der Waals surface area contributed by atoms with Crippen LogP contribution in [0.3, 0.4) is 0 Å². The lowest BCUT2D eigenvalue weighted by molar-refractivity contribution is -0.104. The predicted octanol–water partition coefficient (Wildman–Crippen LogP) is 6.94. The molecule has 0 saturated heterocycles. The molecule has 0 unspecified atom stereocenters. The third-order valence-electron chi connectivity index (χ3n) is 5.98. The number of rotatable bonds is 15. The highest BCUT2D eigenvalue weighted by molar-refractivity contribution is 5.89. The van der Waals surface area contributed by atoms with E-state index >= 15 is 0 Å². The summed E-state index contributed by atoms with van der Waals surface area (Å²) in [6, 6.07) is 7.36. The molecule has 5 heteroatoms. The van der Waals surface area contributed by atoms with Crippen LogP contribution >= 0.6 is 0 Å². The van der Waals surface area contributed by atoms with Crippen LogP contribution in [0.15, 0.2) is 36.9 Å². The fourth-order valence-corrected chi connectivity index (χ4v) is 4.02. The van der Waals surface area contributed by atoms with Gasteiger partial charge in [-0.3, -0.25) is 4.79 Å². The van der Waals surface area contributed by atoms with Gasteiger partial charge in [0.05, 0.1) is 12.2 Å². The Morgan fingerprint density at radius 3 is 2.18 bits per heavy atom. The second-order valence-corrected chi connectivity index (χ2v) is 8.70. The Hall–Kier alpha value is -2.14. The summed E-state index contributed by atoms with van der Waals surface area (Å²) in [7, 11) is 1.74. The lowest BCUT2D eigenvalue weighted by atomic mass is 9.84. The van der Waals surface area contributed by atoms with Crippen LogP contribution in [0.2, 0.25) is 0 Å². The van der Waals surface area contributed by atoms with Crippen molar-refractivity contribution < 1.29 is 23.8 Å². The molecule has 0 N–H and O–H groups in total. The van der Waals surface area contributed by atoms with Crippen LogP contribution in [0.1, 0.15) is 94.3 Å². The molecule has 0 bridgehead atoms. The van der Waals surface area contributed by atoms with Crippen LogP contribution in [0.5, 0.6) is 5.75 Å². The zero-order chi connectivity index (χ0) is 24.2. The first-order valence-electron chi connectivity index (χ1n) is 12.6. The number of unbranched alkanes of at least 4 members (excludes halogenated alkanes) is 5. The molecule has 186 valence electrons. The van der Waals surface area contributed by atoms with Crippen molar-refractivity contribution in [2.24, 2.45) is 5.92 Å². The van der Waals surface area contributed by atoms with E-state index in [1.54, 1.807) is 7.11 Å². The standard InChI is InChI=1S/C25H40O4.C3H4O/c1-3-4-7-10-21-11-15-24(16-12-21)29-25(26)22-13-17-23(18-14-22)28-20-9-6-5-8-19-27-2;1-2-3-4/h13-14,17-18,21,24H,3-12,15-16,19-20H2,1-2H3;2-3H,1H2. The smallest absolute Gasteiger partial charge is 0.338 e. The maximum Gasteiger partial charge on any atom is 0.338 e. The third kappa shape index (κ3) is 13.9. The number of allylic oxidation sites excluding steroid dienone is 1. The van der Waals surface area contributed by atoms with Crippen molar-refractivity contribution in [1.29, 1.82) is 0 Å². The molecular formula is C28H44O5. The van der Waals surface area contributed by atoms with E-state index in [1.165, 1.54) is 51.0 Å². The lowest BCUT2D eigenvalue weighted by Crippen LogP contribution is -2.24. The van der Waals surface area contributed by atoms with Crippen LogP contribution in [0.25, 0.3) is 0 Å². The molecule has 1 aliphatic carbocycles. The van der Waals surface area contributed by atoms with E-state index < -0.39 is 0 Å². The quantitative estimate of drug-likeness (QED) is 0.123. The Labute approximate surface area is 200 Å². The molecule has 0 aliphatic heterocycles. The van der Waals surface area contributed by atoms with Crippen molar-refractivity contribution >= 4 is 12.3 Å². The molecule has 0 radical (unpaired) electrons. The number of esters is 1. The average molecular weight is 461 g/mol. The van der Waals surface area contributed by atoms with Crippen molar-refractivity contribution in [3.05, 3.63) is 42.5 Å². The number of carbonyl (C=O) groups excluding carboxylic acids is 2. The first kappa shape index (κ1) is 28.9. The molecule has 1 aromatic rings. The molecule has 0 aromatic heterocycles. The molecule has 0 heterocycles. The highest BCUT2D eigenvalue weighted by Gasteiger charge is 2.24. The summed E-state index contributed by atoms with van der Waals surface area (Å²) in [5.74, 6) is 1.43. The van der Waals surface area contributed by atoms with E-state index in [-0.39, 0.29) is 12.1 Å². The Balaban J connectivity index is 0.00000125. The number of aldehydes is 1. The second kappa shape index (κ2) is 19.3. The van der Waals surface area contributed by atoms with Gasteiger partial charge in [0.15, 0.2) is 0 Å². The van der Waals surface area contributed by atoms with Crippen LogP contribution in [0, 0.1) is 5.92 Å². The minimum atomic E-state index is -0.205. The predicted molar refractivity (Wildman–Crippen MR) is 134 cm³/mol. The molecule has 1 saturated carbocycles. The average Bonchev–Trinajstić information content (AvgIpc) is 2.85. The largest absolute Gasteiger partial charge is 0.494 e. The number of ether oxygens (including phenoxy) is 3. The summed E-state index contributed by atoms with van der Waals surface area (Å²) < 4.78 is 16.6. The monoisotopic (exact) mass is 460 g/mol. The van der Waals surface area contributed by atoms with Crippen LogP contribution in [-0.2, 0) is 14.3 Å². The minimum Gasteiger partial charge on any atom is -0.494 e. The molecule has 1 aliphatic rings. The Morgan fingerprint density at radius 1 is 0.970 bits per heavy atom. The molecule has 1 fully saturated rings. The third-order valence-corrected chi connectivity index (χ3v) is 5.98. The van der Waals surface area contributed by atoms with Crippen molar-refractivity contribution in [2.45, 2.75) is 90.1 Å². The highest BCUT2D eigenvalue weighted by atomic mass is 16.5. The van der Waals surface area contributed by atoms with E-state index in [9.17, 15) is 4.79 Å². The number of hydrogen-bond acceptors (Lipinski definition) is 5. The SMILES string of the molecule is C=CC=O.CCCCCC1CCC(OC(=O)c2ccc(OCCCCCCOC)cc2)CC1. The van der Waals surface area contributed by atoms with E-state index in [4.69, 9.17) is 19.0 Å². The molecule has 5 nitrogen and oxygen atoms in total. The van der Waals surface area contributed by atoms with Crippen molar-refractivity contribution in [3.63, 3.8) is 0 Å². The van der Waals surface area contributed by atoms with E-state index in [0.29, 0.717) is 18.5 Å². The van der Waals surface area contributed by atoms with Gasteiger partial charge in [0.1, 0.15) is 18.1 Å². The molecule has 33 heavy (non-hydrogen) atoms. The van der Waals surface area contributed by atoms with E-state index in [1.807, 2.05) is 24.3 Å². The van der Waals surface area contributed by atoms with Crippen LogP contribution in [-0.4, -0.2) is 38.7 Å². The molecule has 1 aromatic carbocycles. The lowest BCUT2D eigenvalue weighted by Gasteiger charge is -2.28. The summed E-state index contributed by atoms with van der Waals surface area (Å²) in [6.45, 7) is 6.90. The first-order chi connectivity index (χ1) is 16.1. The van der Waals surface area contributed by atoms with Crippen molar-refractivity contribution in [1.82, 2.24) is 0 Å². The molecule has 0 spiro atoms. The second-order valence-electron chi connectivity index (χ2n) is 8.70. The van der Waals surface area contributed by atoms with Crippen LogP contribution in [0.4, 0.5) is 0 Å². The maximum absolute atomic E-state index is 12.4. The first-order valence-corrected chi connectivity index (χ1v) is 12.6. The summed E-state index contributed by atoms with van der Waals surface area (Å²) in [5, 5.41) is 0. The van der Waals surface area contributed by atoms with Gasteiger partial charge in [-0.1, -0.05) is 45.6 Å². The maximum atomic E-state index is 12.4. The van der Waals surface area contributed by atoms with Gasteiger partial charge < -0.3 is 14.2 Å². The normalized spacial score (nSPS) is 17.4. The number of benzene rings is 1. The van der Waals surface area contributed by atoms with Gasteiger partial charge in [0.25, 0.3) is 0 Å². The van der Waals surface area contributed by atoms with Crippen molar-refractivity contribution in [3.8, 4) is 5.75 Å². The van der Waals surface area contributed by atoms with Gasteiger partial charge >= 0.3 is 5.97 Å². The number of hydrogen-bond donors (Lipinski definition) is 0. The summed E-state index contributed by atoms with van der Waals surface area (Å²) >= 11 is 0. The Bertz CT molecular complexity index is 626. The van der Waals surface area contributed by atoms with Gasteiger partial charge in [0.2, 0.25) is 0 Å². The highest BCUT2D eigenvalue weighted by Crippen LogP contribution is 2.30. The minimum absolute atomic E-state index is 0.0824. The van der Waals surface area contributed by atoms with Gasteiger partial charge in [-0.25, -0.2) is 4.79 Å². The molecular weight excluding hydrogens is 416 g/mol. The summed E-state index contributed by atoms with van der Waals surface area (Å²) in [5.41, 5.74) is 0.613. The number of methoxy groups -OCH3 is 1. The number of carbonyl (C=O) groups is 2. The fraction of sp³-hybridized carbons (Fsp3) is 0.643. The van der Waals surface area contributed by atoms with E-state index in [0.717, 1.165) is 50.4 Å². The Morgan fingerprint density at radius 2 is 1.61 bits per heavy atom. The van der Waals surface area contributed by atoms with Crippen LogP contribution < -0.4 is 4.74 Å². The fourth-order valence-electron chi connectivity index (χ4n) is 4.02. The Kier molecular flexibility index (Phi) is 16.9. The topological polar surface area (TPSA) is 61.8 Å². The molecule has 0 atom stereocenters. The van der Waals surface area contributed by atoms with Gasteiger partial charge in [-0.2, -0.15) is 0 Å². The zero-order valence-corrected chi connectivity index (χ0v) is 20.8. The molecule has 2 rings (SSSR count). The molecule has 0 amide bonds. The van der Waals surface area contributed by atoms with Gasteiger partial charge in [0, 0.05) is 13.7 Å². The van der Waals surface area contributed by atoms with Gasteiger partial charge in [-0.15, -0.1) is 0 Å². The zero-order valence-electron chi connectivity index (χ0n) is 20.8. The van der Waals surface area contributed by atoms with Crippen molar-refractivity contribution in [2.75, 3.05) is 20.3 Å². The van der Waals surface area contributed by atoms with E-state index in [2.05, 4.69) is 13.5 Å². The summed E-state index contributed by atoms with van der Waals surface area (Å²) in [6.07, 6.45) is 16.1. The van der Waals surface area contributed by atoms with Gasteiger partial charge in [-0.05, 0) is 81.2 Å².